The Labute approximate surface area is 157 Å². The van der Waals surface area contributed by atoms with E-state index in [2.05, 4.69) is 15.0 Å². The number of aryl methyl sites for hydroxylation is 1. The molecule has 2 aromatic carbocycles. The quantitative estimate of drug-likeness (QED) is 0.509. The monoisotopic (exact) mass is 378 g/mol. The zero-order valence-electron chi connectivity index (χ0n) is 14.4. The minimum absolute atomic E-state index is 0.318. The standard InChI is InChI=1S/C19H14N4O3S/c1-23-14-9-15-16(26-7-6-25-15)10-17(14)27-19(23)22-18(24)11-2-3-12-13(8-11)21-5-4-20-12/h2-5,8-10H,6-7H2,1H3. The number of carbonyl (C=O) groups is 1. The Morgan fingerprint density at radius 3 is 2.63 bits per heavy atom. The van der Waals surface area contributed by atoms with Gasteiger partial charge in [-0.2, -0.15) is 4.99 Å². The van der Waals surface area contributed by atoms with Crippen molar-refractivity contribution < 1.29 is 14.3 Å². The van der Waals surface area contributed by atoms with E-state index >= 15 is 0 Å². The summed E-state index contributed by atoms with van der Waals surface area (Å²) in [4.78, 5) is 26.0. The van der Waals surface area contributed by atoms with Crippen LogP contribution in [-0.4, -0.2) is 33.7 Å². The van der Waals surface area contributed by atoms with E-state index in [9.17, 15) is 4.79 Å². The molecule has 134 valence electrons. The highest BCUT2D eigenvalue weighted by atomic mass is 32.1. The SMILES string of the molecule is Cn1c(=NC(=O)c2ccc3nccnc3c2)sc2cc3c(cc21)OCCO3. The Bertz CT molecular complexity index is 1280. The fourth-order valence-corrected chi connectivity index (χ4v) is 4.05. The van der Waals surface area contributed by atoms with Crippen molar-refractivity contribution in [1.82, 2.24) is 14.5 Å². The van der Waals surface area contributed by atoms with Gasteiger partial charge in [-0.25, -0.2) is 0 Å². The highest BCUT2D eigenvalue weighted by Gasteiger charge is 2.16. The van der Waals surface area contributed by atoms with Crippen LogP contribution in [0.3, 0.4) is 0 Å². The largest absolute Gasteiger partial charge is 0.486 e. The Balaban J connectivity index is 1.59. The molecule has 0 bridgehead atoms. The lowest BCUT2D eigenvalue weighted by molar-refractivity contribution is 0.0998. The third-order valence-electron chi connectivity index (χ3n) is 4.39. The lowest BCUT2D eigenvalue weighted by atomic mass is 10.2. The molecule has 0 spiro atoms. The molecule has 3 heterocycles. The Kier molecular flexibility index (Phi) is 3.64. The number of fused-ring (bicyclic) bond motifs is 3. The summed E-state index contributed by atoms with van der Waals surface area (Å²) in [5, 5.41) is 0. The fourth-order valence-electron chi connectivity index (χ4n) is 3.02. The third kappa shape index (κ3) is 2.74. The molecular formula is C19H14N4O3S. The zero-order chi connectivity index (χ0) is 18.4. The second-order valence-electron chi connectivity index (χ2n) is 6.08. The maximum Gasteiger partial charge on any atom is 0.279 e. The summed E-state index contributed by atoms with van der Waals surface area (Å²) in [5.74, 6) is 1.12. The molecule has 0 aliphatic carbocycles. The fraction of sp³-hybridized carbons (Fsp3) is 0.158. The summed E-state index contributed by atoms with van der Waals surface area (Å²) in [7, 11) is 1.88. The molecule has 0 N–H and O–H groups in total. The molecule has 2 aromatic heterocycles. The van der Waals surface area contributed by atoms with Crippen molar-refractivity contribution in [3.63, 3.8) is 0 Å². The molecule has 0 atom stereocenters. The van der Waals surface area contributed by atoms with Gasteiger partial charge in [0.05, 0.1) is 21.3 Å². The van der Waals surface area contributed by atoms with E-state index in [0.29, 0.717) is 34.8 Å². The number of hydrogen-bond donors (Lipinski definition) is 0. The Morgan fingerprint density at radius 1 is 1.07 bits per heavy atom. The molecule has 0 radical (unpaired) electrons. The molecule has 8 heteroatoms. The van der Waals surface area contributed by atoms with Crippen LogP contribution >= 0.6 is 11.3 Å². The van der Waals surface area contributed by atoms with E-state index in [1.807, 2.05) is 23.7 Å². The van der Waals surface area contributed by atoms with Crippen molar-refractivity contribution in [3.8, 4) is 11.5 Å². The molecule has 7 nitrogen and oxygen atoms in total. The van der Waals surface area contributed by atoms with Gasteiger partial charge in [-0.15, -0.1) is 0 Å². The van der Waals surface area contributed by atoms with Crippen LogP contribution in [0.2, 0.25) is 0 Å². The number of hydrogen-bond acceptors (Lipinski definition) is 6. The van der Waals surface area contributed by atoms with Gasteiger partial charge in [0, 0.05) is 37.1 Å². The van der Waals surface area contributed by atoms with Gasteiger partial charge in [-0.1, -0.05) is 11.3 Å². The van der Waals surface area contributed by atoms with E-state index in [1.165, 1.54) is 11.3 Å². The Hall–Kier alpha value is -3.26. The lowest BCUT2D eigenvalue weighted by Gasteiger charge is -2.18. The molecule has 0 saturated carbocycles. The van der Waals surface area contributed by atoms with Crippen LogP contribution in [0.1, 0.15) is 10.4 Å². The van der Waals surface area contributed by atoms with E-state index in [1.54, 1.807) is 30.6 Å². The summed E-state index contributed by atoms with van der Waals surface area (Å²) in [6, 6.07) is 9.07. The van der Waals surface area contributed by atoms with Gasteiger partial charge in [-0.05, 0) is 18.2 Å². The van der Waals surface area contributed by atoms with E-state index in [-0.39, 0.29) is 5.91 Å². The van der Waals surface area contributed by atoms with Gasteiger partial charge in [0.25, 0.3) is 5.91 Å². The number of aromatic nitrogens is 3. The average molecular weight is 378 g/mol. The van der Waals surface area contributed by atoms with Gasteiger partial charge in [0.15, 0.2) is 16.3 Å². The third-order valence-corrected chi connectivity index (χ3v) is 5.48. The normalized spacial score (nSPS) is 14.0. The first kappa shape index (κ1) is 16.0. The molecule has 0 unspecified atom stereocenters. The van der Waals surface area contributed by atoms with Crippen LogP contribution in [0.25, 0.3) is 21.3 Å². The van der Waals surface area contributed by atoms with Crippen molar-refractivity contribution >= 4 is 38.5 Å². The lowest BCUT2D eigenvalue weighted by Crippen LogP contribution is -2.15. The minimum atomic E-state index is -0.318. The molecule has 5 rings (SSSR count). The van der Waals surface area contributed by atoms with E-state index < -0.39 is 0 Å². The number of nitrogens with zero attached hydrogens (tertiary/aromatic N) is 4. The first-order valence-corrected chi connectivity index (χ1v) is 9.20. The molecule has 0 fully saturated rings. The average Bonchev–Trinajstić information content (AvgIpc) is 3.00. The van der Waals surface area contributed by atoms with Gasteiger partial charge < -0.3 is 14.0 Å². The Morgan fingerprint density at radius 2 is 1.81 bits per heavy atom. The summed E-state index contributed by atoms with van der Waals surface area (Å²) >= 11 is 1.44. The molecule has 27 heavy (non-hydrogen) atoms. The molecule has 1 aliphatic heterocycles. The first-order valence-electron chi connectivity index (χ1n) is 8.38. The molecule has 0 saturated heterocycles. The second-order valence-corrected chi connectivity index (χ2v) is 7.09. The highest BCUT2D eigenvalue weighted by Crippen LogP contribution is 2.35. The van der Waals surface area contributed by atoms with Crippen molar-refractivity contribution in [2.24, 2.45) is 12.0 Å². The van der Waals surface area contributed by atoms with Gasteiger partial charge >= 0.3 is 0 Å². The number of carbonyl (C=O) groups excluding carboxylic acids is 1. The number of thiazole rings is 1. The topological polar surface area (TPSA) is 78.6 Å². The molecule has 1 aliphatic rings. The van der Waals surface area contributed by atoms with Crippen LogP contribution in [0, 0.1) is 0 Å². The van der Waals surface area contributed by atoms with Crippen molar-refractivity contribution in [1.29, 1.82) is 0 Å². The zero-order valence-corrected chi connectivity index (χ0v) is 15.2. The van der Waals surface area contributed by atoms with Gasteiger partial charge in [-0.3, -0.25) is 14.8 Å². The number of ether oxygens (including phenoxy) is 2. The predicted molar refractivity (Wildman–Crippen MR) is 101 cm³/mol. The maximum absolute atomic E-state index is 12.7. The maximum atomic E-state index is 12.7. The summed E-state index contributed by atoms with van der Waals surface area (Å²) in [6.07, 6.45) is 3.23. The highest BCUT2D eigenvalue weighted by molar-refractivity contribution is 7.16. The second kappa shape index (κ2) is 6.17. The van der Waals surface area contributed by atoms with Crippen LogP contribution in [-0.2, 0) is 7.05 Å². The van der Waals surface area contributed by atoms with Crippen LogP contribution in [0.5, 0.6) is 11.5 Å². The molecule has 1 amide bonds. The number of benzene rings is 2. The minimum Gasteiger partial charge on any atom is -0.486 e. The predicted octanol–water partition coefficient (Wildman–Crippen LogP) is 2.70. The smallest absolute Gasteiger partial charge is 0.279 e. The molecular weight excluding hydrogens is 364 g/mol. The summed E-state index contributed by atoms with van der Waals surface area (Å²) in [5.41, 5.74) is 2.83. The number of amides is 1. The van der Waals surface area contributed by atoms with Crippen molar-refractivity contribution in [2.75, 3.05) is 13.2 Å². The molecule has 4 aromatic rings. The first-order chi connectivity index (χ1) is 13.2. The van der Waals surface area contributed by atoms with Crippen molar-refractivity contribution in [3.05, 3.63) is 53.1 Å². The van der Waals surface area contributed by atoms with Gasteiger partial charge in [0.1, 0.15) is 13.2 Å². The van der Waals surface area contributed by atoms with Crippen molar-refractivity contribution in [2.45, 2.75) is 0 Å². The van der Waals surface area contributed by atoms with Crippen LogP contribution in [0.4, 0.5) is 0 Å². The summed E-state index contributed by atoms with van der Waals surface area (Å²) in [6.45, 7) is 1.07. The number of rotatable bonds is 1. The van der Waals surface area contributed by atoms with Gasteiger partial charge in [0.2, 0.25) is 0 Å². The van der Waals surface area contributed by atoms with Crippen LogP contribution in [0.15, 0.2) is 47.7 Å². The van der Waals surface area contributed by atoms with Crippen LogP contribution < -0.4 is 14.3 Å². The summed E-state index contributed by atoms with van der Waals surface area (Å²) < 4.78 is 14.1. The van der Waals surface area contributed by atoms with E-state index in [0.717, 1.165) is 21.5 Å². The van der Waals surface area contributed by atoms with E-state index in [4.69, 9.17) is 9.47 Å².